The molecule has 0 radical (unpaired) electrons. The van der Waals surface area contributed by atoms with Crippen molar-refractivity contribution in [1.29, 1.82) is 0 Å². The van der Waals surface area contributed by atoms with Crippen LogP contribution in [0.15, 0.2) is 24.3 Å². The Balaban J connectivity index is 2.58. The first-order valence-electron chi connectivity index (χ1n) is 7.17. The zero-order valence-electron chi connectivity index (χ0n) is 13.3. The number of rotatable bonds is 6. The number of aliphatic hydroxyl groups is 1. The van der Waals surface area contributed by atoms with Gasteiger partial charge in [-0.2, -0.15) is 0 Å². The first-order chi connectivity index (χ1) is 10.3. The van der Waals surface area contributed by atoms with E-state index in [-0.39, 0.29) is 25.0 Å². The summed E-state index contributed by atoms with van der Waals surface area (Å²) in [5, 5.41) is 11.7. The number of hydrogen-bond donors (Lipinski definition) is 3. The highest BCUT2D eigenvalue weighted by Gasteiger charge is 2.17. The lowest BCUT2D eigenvalue weighted by atomic mass is 9.99. The number of nitrogens with two attached hydrogens (primary N) is 1. The predicted molar refractivity (Wildman–Crippen MR) is 83.5 cm³/mol. The van der Waals surface area contributed by atoms with Gasteiger partial charge in [0.05, 0.1) is 6.61 Å². The predicted octanol–water partition coefficient (Wildman–Crippen LogP) is 0.793. The van der Waals surface area contributed by atoms with E-state index >= 15 is 0 Å². The van der Waals surface area contributed by atoms with Crippen LogP contribution in [0.5, 0.6) is 0 Å². The summed E-state index contributed by atoms with van der Waals surface area (Å²) in [6, 6.07) is 6.77. The topological polar surface area (TPSA) is 102 Å². The van der Waals surface area contributed by atoms with Gasteiger partial charge in [-0.05, 0) is 38.5 Å². The summed E-state index contributed by atoms with van der Waals surface area (Å²) in [7, 11) is 0. The van der Waals surface area contributed by atoms with Crippen LogP contribution in [0.3, 0.4) is 0 Å². The van der Waals surface area contributed by atoms with Gasteiger partial charge in [-0.15, -0.1) is 0 Å². The van der Waals surface area contributed by atoms with E-state index in [1.807, 2.05) is 0 Å². The molecule has 1 aromatic rings. The molecule has 0 saturated heterocycles. The van der Waals surface area contributed by atoms with Gasteiger partial charge in [0.25, 0.3) is 5.91 Å². The van der Waals surface area contributed by atoms with E-state index in [9.17, 15) is 14.7 Å². The molecule has 1 aromatic carbocycles. The van der Waals surface area contributed by atoms with E-state index in [1.54, 1.807) is 45.0 Å². The molecule has 0 saturated carbocycles. The minimum absolute atomic E-state index is 0.0410. The Labute approximate surface area is 130 Å². The van der Waals surface area contributed by atoms with Crippen molar-refractivity contribution in [2.45, 2.75) is 32.3 Å². The quantitative estimate of drug-likeness (QED) is 0.675. The van der Waals surface area contributed by atoms with E-state index in [2.05, 4.69) is 5.32 Å². The van der Waals surface area contributed by atoms with Crippen LogP contribution in [-0.2, 0) is 9.53 Å². The molecular formula is C16H24N2O4. The van der Waals surface area contributed by atoms with E-state index in [1.165, 1.54) is 0 Å². The van der Waals surface area contributed by atoms with Crippen LogP contribution in [0.25, 0.3) is 0 Å². The minimum atomic E-state index is -0.578. The highest BCUT2D eigenvalue weighted by molar-refractivity contribution is 5.95. The Kier molecular flexibility index (Phi) is 6.52. The summed E-state index contributed by atoms with van der Waals surface area (Å²) in [4.78, 5) is 23.5. The van der Waals surface area contributed by atoms with Gasteiger partial charge in [-0.25, -0.2) is 0 Å². The number of ether oxygens (including phenoxy) is 1. The van der Waals surface area contributed by atoms with Crippen molar-refractivity contribution < 1.29 is 19.4 Å². The molecule has 6 nitrogen and oxygen atoms in total. The SMILES string of the molecule is CC(C)(C)OC(=O)CNC(=O)c1ccc(C(CN)CO)cc1. The van der Waals surface area contributed by atoms with Gasteiger partial charge in [-0.3, -0.25) is 9.59 Å². The van der Waals surface area contributed by atoms with Crippen molar-refractivity contribution in [3.63, 3.8) is 0 Å². The molecule has 1 unspecified atom stereocenters. The van der Waals surface area contributed by atoms with Gasteiger partial charge in [-0.1, -0.05) is 12.1 Å². The number of nitrogens with one attached hydrogen (secondary N) is 1. The number of esters is 1. The maximum atomic E-state index is 11.9. The summed E-state index contributed by atoms with van der Waals surface area (Å²) in [6.07, 6.45) is 0. The summed E-state index contributed by atoms with van der Waals surface area (Å²) < 4.78 is 5.11. The van der Waals surface area contributed by atoms with E-state index < -0.39 is 11.6 Å². The molecular weight excluding hydrogens is 284 g/mol. The lowest BCUT2D eigenvalue weighted by Gasteiger charge is -2.19. The molecule has 0 heterocycles. The lowest BCUT2D eigenvalue weighted by molar-refractivity contribution is -0.153. The smallest absolute Gasteiger partial charge is 0.325 e. The van der Waals surface area contributed by atoms with Crippen molar-refractivity contribution >= 4 is 11.9 Å². The van der Waals surface area contributed by atoms with Crippen molar-refractivity contribution in [3.05, 3.63) is 35.4 Å². The number of hydrogen-bond acceptors (Lipinski definition) is 5. The maximum absolute atomic E-state index is 11.9. The zero-order chi connectivity index (χ0) is 16.8. The lowest BCUT2D eigenvalue weighted by Crippen LogP contribution is -2.34. The van der Waals surface area contributed by atoms with Crippen LogP contribution in [0, 0.1) is 0 Å². The number of amides is 1. The molecule has 0 bridgehead atoms. The Morgan fingerprint density at radius 2 is 1.86 bits per heavy atom. The van der Waals surface area contributed by atoms with E-state index in [4.69, 9.17) is 10.5 Å². The highest BCUT2D eigenvalue weighted by atomic mass is 16.6. The fourth-order valence-electron chi connectivity index (χ4n) is 1.85. The van der Waals surface area contributed by atoms with Crippen LogP contribution in [0.2, 0.25) is 0 Å². The molecule has 0 aliphatic rings. The van der Waals surface area contributed by atoms with Crippen molar-refractivity contribution in [3.8, 4) is 0 Å². The number of carbonyl (C=O) groups excluding carboxylic acids is 2. The first kappa shape index (κ1) is 18.1. The van der Waals surface area contributed by atoms with E-state index in [0.29, 0.717) is 12.1 Å². The average Bonchev–Trinajstić information content (AvgIpc) is 2.45. The average molecular weight is 308 g/mol. The van der Waals surface area contributed by atoms with Gasteiger partial charge in [0.2, 0.25) is 0 Å². The van der Waals surface area contributed by atoms with Crippen LogP contribution in [0.1, 0.15) is 42.6 Å². The van der Waals surface area contributed by atoms with Crippen molar-refractivity contribution in [2.75, 3.05) is 19.7 Å². The van der Waals surface area contributed by atoms with Crippen LogP contribution in [-0.4, -0.2) is 42.3 Å². The number of benzene rings is 1. The van der Waals surface area contributed by atoms with Gasteiger partial charge >= 0.3 is 5.97 Å². The largest absolute Gasteiger partial charge is 0.459 e. The molecule has 0 aliphatic carbocycles. The highest BCUT2D eigenvalue weighted by Crippen LogP contribution is 2.14. The second-order valence-electron chi connectivity index (χ2n) is 6.01. The molecule has 0 spiro atoms. The fourth-order valence-corrected chi connectivity index (χ4v) is 1.85. The molecule has 0 fully saturated rings. The Bertz CT molecular complexity index is 502. The third-order valence-electron chi connectivity index (χ3n) is 2.96. The molecule has 6 heteroatoms. The zero-order valence-corrected chi connectivity index (χ0v) is 13.3. The van der Waals surface area contributed by atoms with E-state index in [0.717, 1.165) is 5.56 Å². The second kappa shape index (κ2) is 7.91. The normalized spacial score (nSPS) is 12.6. The minimum Gasteiger partial charge on any atom is -0.459 e. The molecule has 4 N–H and O–H groups in total. The van der Waals surface area contributed by atoms with Gasteiger partial charge in [0.1, 0.15) is 12.1 Å². The van der Waals surface area contributed by atoms with Crippen LogP contribution in [0.4, 0.5) is 0 Å². The van der Waals surface area contributed by atoms with Crippen molar-refractivity contribution in [2.24, 2.45) is 5.73 Å². The molecule has 1 atom stereocenters. The number of aliphatic hydroxyl groups excluding tert-OH is 1. The molecule has 1 amide bonds. The van der Waals surface area contributed by atoms with Gasteiger partial charge in [0.15, 0.2) is 0 Å². The monoisotopic (exact) mass is 308 g/mol. The number of carbonyl (C=O) groups is 2. The Morgan fingerprint density at radius 3 is 2.32 bits per heavy atom. The second-order valence-corrected chi connectivity index (χ2v) is 6.01. The standard InChI is InChI=1S/C16H24N2O4/c1-16(2,3)22-14(20)9-18-15(21)12-6-4-11(5-7-12)13(8-17)10-19/h4-7,13,19H,8-10,17H2,1-3H3,(H,18,21). The van der Waals surface area contributed by atoms with Gasteiger partial charge in [0, 0.05) is 18.0 Å². The third-order valence-corrected chi connectivity index (χ3v) is 2.96. The van der Waals surface area contributed by atoms with Crippen LogP contribution < -0.4 is 11.1 Å². The molecule has 122 valence electrons. The maximum Gasteiger partial charge on any atom is 0.325 e. The fraction of sp³-hybridized carbons (Fsp3) is 0.500. The summed E-state index contributed by atoms with van der Waals surface area (Å²) in [5.74, 6) is -0.981. The van der Waals surface area contributed by atoms with Crippen LogP contribution >= 0.6 is 0 Å². The molecule has 0 aliphatic heterocycles. The van der Waals surface area contributed by atoms with Crippen molar-refractivity contribution in [1.82, 2.24) is 5.32 Å². The van der Waals surface area contributed by atoms with Gasteiger partial charge < -0.3 is 20.9 Å². The molecule has 1 rings (SSSR count). The third kappa shape index (κ3) is 5.83. The summed E-state index contributed by atoms with van der Waals surface area (Å²) in [6.45, 7) is 5.41. The summed E-state index contributed by atoms with van der Waals surface area (Å²) >= 11 is 0. The molecule has 0 aromatic heterocycles. The summed E-state index contributed by atoms with van der Waals surface area (Å²) in [5.41, 5.74) is 6.28. The Hall–Kier alpha value is -1.92. The first-order valence-corrected chi connectivity index (χ1v) is 7.17. The molecule has 22 heavy (non-hydrogen) atoms. The Morgan fingerprint density at radius 1 is 1.27 bits per heavy atom.